The zero-order chi connectivity index (χ0) is 15.4. The molecule has 0 radical (unpaired) electrons. The summed E-state index contributed by atoms with van der Waals surface area (Å²) < 4.78 is 5.89. The third kappa shape index (κ3) is 4.12. The molecular weight excluding hydrogens is 356 g/mol. The third-order valence-electron chi connectivity index (χ3n) is 2.78. The SMILES string of the molecule is COc1ccc(NC(=O)Nc2ccc(C)cc2Br)cc1Cl. The lowest BCUT2D eigenvalue weighted by Gasteiger charge is -2.11. The minimum atomic E-state index is -0.346. The van der Waals surface area contributed by atoms with Crippen molar-refractivity contribution in [2.45, 2.75) is 6.92 Å². The monoisotopic (exact) mass is 368 g/mol. The molecule has 2 aromatic rings. The van der Waals surface area contributed by atoms with E-state index in [4.69, 9.17) is 16.3 Å². The predicted octanol–water partition coefficient (Wildman–Crippen LogP) is 5.06. The second kappa shape index (κ2) is 6.83. The molecule has 110 valence electrons. The molecule has 2 rings (SSSR count). The summed E-state index contributed by atoms with van der Waals surface area (Å²) in [5.41, 5.74) is 2.38. The number of methoxy groups -OCH3 is 1. The van der Waals surface area contributed by atoms with Crippen LogP contribution >= 0.6 is 27.5 Å². The van der Waals surface area contributed by atoms with Crippen LogP contribution in [0.2, 0.25) is 5.02 Å². The van der Waals surface area contributed by atoms with Gasteiger partial charge >= 0.3 is 6.03 Å². The van der Waals surface area contributed by atoms with Crippen molar-refractivity contribution in [3.05, 3.63) is 51.5 Å². The van der Waals surface area contributed by atoms with E-state index < -0.39 is 0 Å². The lowest BCUT2D eigenvalue weighted by molar-refractivity contribution is 0.262. The van der Waals surface area contributed by atoms with Crippen molar-refractivity contribution in [1.29, 1.82) is 0 Å². The number of rotatable bonds is 3. The van der Waals surface area contributed by atoms with Crippen LogP contribution in [0.3, 0.4) is 0 Å². The first-order valence-corrected chi connectivity index (χ1v) is 7.34. The van der Waals surface area contributed by atoms with Crippen LogP contribution < -0.4 is 15.4 Å². The van der Waals surface area contributed by atoms with E-state index in [1.807, 2.05) is 25.1 Å². The second-order valence-electron chi connectivity index (χ2n) is 4.41. The van der Waals surface area contributed by atoms with Crippen molar-refractivity contribution in [2.24, 2.45) is 0 Å². The van der Waals surface area contributed by atoms with Gasteiger partial charge < -0.3 is 15.4 Å². The number of ether oxygens (including phenoxy) is 1. The molecule has 0 saturated carbocycles. The number of carbonyl (C=O) groups is 1. The number of hydrogen-bond acceptors (Lipinski definition) is 2. The van der Waals surface area contributed by atoms with Crippen molar-refractivity contribution in [3.63, 3.8) is 0 Å². The fourth-order valence-electron chi connectivity index (χ4n) is 1.75. The minimum absolute atomic E-state index is 0.346. The zero-order valence-electron chi connectivity index (χ0n) is 11.5. The molecule has 0 saturated heterocycles. The van der Waals surface area contributed by atoms with Gasteiger partial charge in [0.15, 0.2) is 0 Å². The first kappa shape index (κ1) is 15.7. The number of halogens is 2. The normalized spacial score (nSPS) is 10.1. The number of amides is 2. The van der Waals surface area contributed by atoms with Crippen molar-refractivity contribution in [1.82, 2.24) is 0 Å². The molecule has 0 unspecified atom stereocenters. The molecule has 0 aliphatic rings. The quantitative estimate of drug-likeness (QED) is 0.794. The number of anilines is 2. The minimum Gasteiger partial charge on any atom is -0.495 e. The Hall–Kier alpha value is -1.72. The topological polar surface area (TPSA) is 50.4 Å². The summed E-state index contributed by atoms with van der Waals surface area (Å²) in [4.78, 5) is 12.0. The van der Waals surface area contributed by atoms with Crippen LogP contribution in [-0.4, -0.2) is 13.1 Å². The standard InChI is InChI=1S/C15H14BrClN2O2/c1-9-3-5-13(11(16)7-9)19-15(20)18-10-4-6-14(21-2)12(17)8-10/h3-8H,1-2H3,(H2,18,19,20). The average Bonchev–Trinajstić information content (AvgIpc) is 2.42. The molecule has 0 aliphatic carbocycles. The highest BCUT2D eigenvalue weighted by Gasteiger charge is 2.07. The van der Waals surface area contributed by atoms with Crippen LogP contribution in [0, 0.1) is 6.92 Å². The van der Waals surface area contributed by atoms with Crippen LogP contribution in [0.25, 0.3) is 0 Å². The van der Waals surface area contributed by atoms with Gasteiger partial charge in [-0.1, -0.05) is 17.7 Å². The van der Waals surface area contributed by atoms with Crippen molar-refractivity contribution >= 4 is 44.9 Å². The van der Waals surface area contributed by atoms with Crippen LogP contribution in [0.15, 0.2) is 40.9 Å². The van der Waals surface area contributed by atoms with Gasteiger partial charge in [0.05, 0.1) is 17.8 Å². The second-order valence-corrected chi connectivity index (χ2v) is 5.67. The molecule has 2 N–H and O–H groups in total. The van der Waals surface area contributed by atoms with Gasteiger partial charge in [-0.05, 0) is 58.7 Å². The summed E-state index contributed by atoms with van der Waals surface area (Å²) in [6.07, 6.45) is 0. The zero-order valence-corrected chi connectivity index (χ0v) is 13.9. The smallest absolute Gasteiger partial charge is 0.323 e. The molecule has 0 aromatic heterocycles. The molecule has 0 aliphatic heterocycles. The number of carbonyl (C=O) groups excluding carboxylic acids is 1. The fraction of sp³-hybridized carbons (Fsp3) is 0.133. The molecule has 4 nitrogen and oxygen atoms in total. The van der Waals surface area contributed by atoms with E-state index in [-0.39, 0.29) is 6.03 Å². The first-order valence-electron chi connectivity index (χ1n) is 6.17. The first-order chi connectivity index (χ1) is 9.99. The molecular formula is C15H14BrClN2O2. The van der Waals surface area contributed by atoms with E-state index in [0.717, 1.165) is 10.0 Å². The molecule has 0 fully saturated rings. The van der Waals surface area contributed by atoms with Gasteiger partial charge in [0.25, 0.3) is 0 Å². The Kier molecular flexibility index (Phi) is 5.09. The van der Waals surface area contributed by atoms with Gasteiger partial charge in [-0.2, -0.15) is 0 Å². The summed E-state index contributed by atoms with van der Waals surface area (Å²) in [7, 11) is 1.54. The summed E-state index contributed by atoms with van der Waals surface area (Å²) >= 11 is 9.42. The fourth-order valence-corrected chi connectivity index (χ4v) is 2.60. The third-order valence-corrected chi connectivity index (χ3v) is 3.73. The lowest BCUT2D eigenvalue weighted by atomic mass is 10.2. The number of hydrogen-bond donors (Lipinski definition) is 2. The Morgan fingerprint density at radius 1 is 1.19 bits per heavy atom. The summed E-state index contributed by atoms with van der Waals surface area (Å²) in [5.74, 6) is 0.559. The van der Waals surface area contributed by atoms with Crippen LogP contribution in [0.5, 0.6) is 5.75 Å². The van der Waals surface area contributed by atoms with Crippen molar-refractivity contribution in [3.8, 4) is 5.75 Å². The highest BCUT2D eigenvalue weighted by atomic mass is 79.9. The van der Waals surface area contributed by atoms with Crippen LogP contribution in [0.1, 0.15) is 5.56 Å². The summed E-state index contributed by atoms with van der Waals surface area (Å²) in [6, 6.07) is 10.4. The number of benzene rings is 2. The Bertz CT molecular complexity index is 677. The van der Waals surface area contributed by atoms with Crippen LogP contribution in [0.4, 0.5) is 16.2 Å². The van der Waals surface area contributed by atoms with Gasteiger partial charge in [0, 0.05) is 10.2 Å². The maximum absolute atomic E-state index is 12.0. The predicted molar refractivity (Wildman–Crippen MR) is 89.5 cm³/mol. The van der Waals surface area contributed by atoms with Gasteiger partial charge in [0.2, 0.25) is 0 Å². The lowest BCUT2D eigenvalue weighted by Crippen LogP contribution is -2.19. The molecule has 21 heavy (non-hydrogen) atoms. The van der Waals surface area contributed by atoms with Gasteiger partial charge in [-0.25, -0.2) is 4.79 Å². The number of aryl methyl sites for hydroxylation is 1. The van der Waals surface area contributed by atoms with Gasteiger partial charge in [-0.3, -0.25) is 0 Å². The van der Waals surface area contributed by atoms with Crippen LogP contribution in [-0.2, 0) is 0 Å². The van der Waals surface area contributed by atoms with E-state index >= 15 is 0 Å². The van der Waals surface area contributed by atoms with Crippen molar-refractivity contribution in [2.75, 3.05) is 17.7 Å². The maximum atomic E-state index is 12.0. The number of urea groups is 1. The highest BCUT2D eigenvalue weighted by Crippen LogP contribution is 2.27. The van der Waals surface area contributed by atoms with E-state index in [1.54, 1.807) is 18.2 Å². The molecule has 0 heterocycles. The van der Waals surface area contributed by atoms with E-state index in [9.17, 15) is 4.79 Å². The van der Waals surface area contributed by atoms with Gasteiger partial charge in [-0.15, -0.1) is 0 Å². The van der Waals surface area contributed by atoms with Crippen molar-refractivity contribution < 1.29 is 9.53 Å². The van der Waals surface area contributed by atoms with E-state index in [2.05, 4.69) is 26.6 Å². The maximum Gasteiger partial charge on any atom is 0.323 e. The molecule has 2 amide bonds. The molecule has 2 aromatic carbocycles. The average molecular weight is 370 g/mol. The van der Waals surface area contributed by atoms with E-state index in [0.29, 0.717) is 22.1 Å². The molecule has 0 bridgehead atoms. The molecule has 6 heteroatoms. The van der Waals surface area contributed by atoms with Gasteiger partial charge in [0.1, 0.15) is 5.75 Å². The Morgan fingerprint density at radius 3 is 2.57 bits per heavy atom. The molecule has 0 spiro atoms. The Morgan fingerprint density at radius 2 is 1.95 bits per heavy atom. The molecule has 0 atom stereocenters. The van der Waals surface area contributed by atoms with E-state index in [1.165, 1.54) is 7.11 Å². The Balaban J connectivity index is 2.06. The number of nitrogens with one attached hydrogen (secondary N) is 2. The Labute approximate surface area is 136 Å². The summed E-state index contributed by atoms with van der Waals surface area (Å²) in [6.45, 7) is 1.98. The largest absolute Gasteiger partial charge is 0.495 e. The summed E-state index contributed by atoms with van der Waals surface area (Å²) in [5, 5.41) is 5.91. The highest BCUT2D eigenvalue weighted by molar-refractivity contribution is 9.10.